The van der Waals surface area contributed by atoms with Gasteiger partial charge in [-0.15, -0.1) is 0 Å². The van der Waals surface area contributed by atoms with Gasteiger partial charge in [-0.25, -0.2) is 5.43 Å². The van der Waals surface area contributed by atoms with Crippen molar-refractivity contribution in [1.29, 1.82) is 0 Å². The van der Waals surface area contributed by atoms with Gasteiger partial charge in [-0.1, -0.05) is 59.6 Å². The van der Waals surface area contributed by atoms with Gasteiger partial charge in [-0.05, 0) is 47.2 Å². The van der Waals surface area contributed by atoms with Crippen LogP contribution < -0.4 is 5.43 Å². The molecule has 0 spiro atoms. The lowest BCUT2D eigenvalue weighted by atomic mass is 10.0. The monoisotopic (exact) mass is 408 g/mol. The summed E-state index contributed by atoms with van der Waals surface area (Å²) < 4.78 is 5.72. The molecule has 0 bridgehead atoms. The Morgan fingerprint density at radius 1 is 0.964 bits per heavy atom. The fourth-order valence-electron chi connectivity index (χ4n) is 2.89. The standard InChI is InChI=1S/C22H14Cl2N2O2/c23-15-8-10-20(24)19(12-15)21-11-9-16(28-21)13-25-26-22(27)18-7-3-5-14-4-1-2-6-17(14)18/h1-13H,(H,26,27)/b25-13-. The van der Waals surface area contributed by atoms with Crippen molar-refractivity contribution >= 4 is 46.1 Å². The summed E-state index contributed by atoms with van der Waals surface area (Å²) in [4.78, 5) is 12.5. The van der Waals surface area contributed by atoms with Gasteiger partial charge < -0.3 is 4.42 Å². The Morgan fingerprint density at radius 3 is 2.68 bits per heavy atom. The zero-order chi connectivity index (χ0) is 19.5. The highest BCUT2D eigenvalue weighted by Crippen LogP contribution is 2.31. The van der Waals surface area contributed by atoms with Crippen LogP contribution in [0.3, 0.4) is 0 Å². The molecule has 0 radical (unpaired) electrons. The van der Waals surface area contributed by atoms with E-state index in [0.717, 1.165) is 10.8 Å². The maximum absolute atomic E-state index is 12.5. The Hall–Kier alpha value is -3.08. The summed E-state index contributed by atoms with van der Waals surface area (Å²) in [5.41, 5.74) is 3.78. The Bertz CT molecular complexity index is 1190. The van der Waals surface area contributed by atoms with Crippen LogP contribution in [0.1, 0.15) is 16.1 Å². The lowest BCUT2D eigenvalue weighted by Crippen LogP contribution is -2.17. The van der Waals surface area contributed by atoms with Crippen LogP contribution in [0.2, 0.25) is 10.0 Å². The van der Waals surface area contributed by atoms with Crippen LogP contribution in [-0.2, 0) is 0 Å². The van der Waals surface area contributed by atoms with Gasteiger partial charge in [0.05, 0.1) is 11.2 Å². The predicted molar refractivity (Wildman–Crippen MR) is 113 cm³/mol. The molecule has 6 heteroatoms. The van der Waals surface area contributed by atoms with Crippen LogP contribution in [0.15, 0.2) is 82.3 Å². The Balaban J connectivity index is 1.50. The van der Waals surface area contributed by atoms with Gasteiger partial charge in [0.15, 0.2) is 0 Å². The zero-order valence-electron chi connectivity index (χ0n) is 14.5. The fraction of sp³-hybridized carbons (Fsp3) is 0. The van der Waals surface area contributed by atoms with Crippen LogP contribution in [-0.4, -0.2) is 12.1 Å². The number of amides is 1. The largest absolute Gasteiger partial charge is 0.455 e. The SMILES string of the molecule is O=C(N/N=C\c1ccc(-c2cc(Cl)ccc2Cl)o1)c1cccc2ccccc12. The third kappa shape index (κ3) is 3.79. The molecule has 0 aliphatic heterocycles. The van der Waals surface area contributed by atoms with Crippen molar-refractivity contribution in [1.82, 2.24) is 5.43 Å². The highest BCUT2D eigenvalue weighted by atomic mass is 35.5. The lowest BCUT2D eigenvalue weighted by molar-refractivity contribution is 0.0957. The van der Waals surface area contributed by atoms with E-state index in [2.05, 4.69) is 10.5 Å². The summed E-state index contributed by atoms with van der Waals surface area (Å²) >= 11 is 12.2. The molecule has 0 fully saturated rings. The maximum atomic E-state index is 12.5. The quantitative estimate of drug-likeness (QED) is 0.324. The van der Waals surface area contributed by atoms with Gasteiger partial charge >= 0.3 is 0 Å². The van der Waals surface area contributed by atoms with Crippen molar-refractivity contribution in [2.45, 2.75) is 0 Å². The van der Waals surface area contributed by atoms with Crippen LogP contribution in [0.25, 0.3) is 22.1 Å². The van der Waals surface area contributed by atoms with Gasteiger partial charge in [-0.2, -0.15) is 5.10 Å². The van der Waals surface area contributed by atoms with Crippen LogP contribution >= 0.6 is 23.2 Å². The van der Waals surface area contributed by atoms with Crippen molar-refractivity contribution in [3.05, 3.63) is 94.2 Å². The second kappa shape index (κ2) is 7.89. The highest BCUT2D eigenvalue weighted by molar-refractivity contribution is 6.35. The van der Waals surface area contributed by atoms with Crippen molar-refractivity contribution in [3.63, 3.8) is 0 Å². The Kier molecular flexibility index (Phi) is 5.15. The smallest absolute Gasteiger partial charge is 0.271 e. The first-order chi connectivity index (χ1) is 13.6. The lowest BCUT2D eigenvalue weighted by Gasteiger charge is -2.04. The number of carbonyl (C=O) groups excluding carboxylic acids is 1. The molecule has 1 heterocycles. The molecule has 0 unspecified atom stereocenters. The molecule has 28 heavy (non-hydrogen) atoms. The van der Waals surface area contributed by atoms with E-state index < -0.39 is 0 Å². The minimum atomic E-state index is -0.294. The molecule has 4 aromatic rings. The number of furan rings is 1. The van der Waals surface area contributed by atoms with E-state index in [0.29, 0.717) is 32.7 Å². The first kappa shape index (κ1) is 18.3. The number of hydrazone groups is 1. The summed E-state index contributed by atoms with van der Waals surface area (Å²) in [7, 11) is 0. The number of nitrogens with zero attached hydrogens (tertiary/aromatic N) is 1. The second-order valence-corrected chi connectivity index (χ2v) is 6.90. The summed E-state index contributed by atoms with van der Waals surface area (Å²) in [5, 5.41) is 6.95. The van der Waals surface area contributed by atoms with Crippen LogP contribution in [0, 0.1) is 0 Å². The number of hydrogen-bond donors (Lipinski definition) is 1. The van der Waals surface area contributed by atoms with Crippen molar-refractivity contribution < 1.29 is 9.21 Å². The average molecular weight is 409 g/mol. The molecule has 3 aromatic carbocycles. The third-order valence-electron chi connectivity index (χ3n) is 4.21. The summed E-state index contributed by atoms with van der Waals surface area (Å²) in [6.45, 7) is 0. The number of hydrogen-bond acceptors (Lipinski definition) is 3. The molecule has 1 N–H and O–H groups in total. The summed E-state index contributed by atoms with van der Waals surface area (Å²) in [6, 6.07) is 21.9. The van der Waals surface area contributed by atoms with E-state index in [1.807, 2.05) is 36.4 Å². The molecule has 0 saturated carbocycles. The van der Waals surface area contributed by atoms with Gasteiger partial charge in [0.2, 0.25) is 0 Å². The molecule has 0 atom stereocenters. The van der Waals surface area contributed by atoms with Crippen LogP contribution in [0.5, 0.6) is 0 Å². The minimum Gasteiger partial charge on any atom is -0.455 e. The molecular formula is C22H14Cl2N2O2. The number of nitrogens with one attached hydrogen (secondary N) is 1. The summed E-state index contributed by atoms with van der Waals surface area (Å²) in [5.74, 6) is 0.747. The Labute approximate surface area is 171 Å². The topological polar surface area (TPSA) is 54.6 Å². The predicted octanol–water partition coefficient (Wildman–Crippen LogP) is 6.17. The minimum absolute atomic E-state index is 0.294. The molecule has 138 valence electrons. The van der Waals surface area contributed by atoms with Gasteiger partial charge in [0, 0.05) is 16.1 Å². The van der Waals surface area contributed by atoms with E-state index in [1.54, 1.807) is 36.4 Å². The van der Waals surface area contributed by atoms with E-state index in [1.165, 1.54) is 6.21 Å². The van der Waals surface area contributed by atoms with E-state index in [9.17, 15) is 4.79 Å². The first-order valence-corrected chi connectivity index (χ1v) is 9.24. The molecule has 0 aliphatic rings. The number of fused-ring (bicyclic) bond motifs is 1. The van der Waals surface area contributed by atoms with Crippen molar-refractivity contribution in [2.75, 3.05) is 0 Å². The molecule has 1 amide bonds. The number of carbonyl (C=O) groups is 1. The van der Waals surface area contributed by atoms with Crippen molar-refractivity contribution in [2.24, 2.45) is 5.10 Å². The Morgan fingerprint density at radius 2 is 1.79 bits per heavy atom. The van der Waals surface area contributed by atoms with Crippen LogP contribution in [0.4, 0.5) is 0 Å². The van der Waals surface area contributed by atoms with Gasteiger partial charge in [0.1, 0.15) is 11.5 Å². The molecule has 4 nitrogen and oxygen atoms in total. The van der Waals surface area contributed by atoms with E-state index in [4.69, 9.17) is 27.6 Å². The normalized spacial score (nSPS) is 11.2. The maximum Gasteiger partial charge on any atom is 0.271 e. The first-order valence-electron chi connectivity index (χ1n) is 8.48. The summed E-state index contributed by atoms with van der Waals surface area (Å²) in [6.07, 6.45) is 1.44. The van der Waals surface area contributed by atoms with E-state index in [-0.39, 0.29) is 5.91 Å². The fourth-order valence-corrected chi connectivity index (χ4v) is 3.27. The number of rotatable bonds is 4. The molecule has 1 aromatic heterocycles. The number of benzene rings is 3. The highest BCUT2D eigenvalue weighted by Gasteiger charge is 2.10. The average Bonchev–Trinajstić information content (AvgIpc) is 3.18. The molecule has 0 saturated heterocycles. The zero-order valence-corrected chi connectivity index (χ0v) is 16.0. The van der Waals surface area contributed by atoms with Gasteiger partial charge in [0.25, 0.3) is 5.91 Å². The second-order valence-electron chi connectivity index (χ2n) is 6.05. The van der Waals surface area contributed by atoms with Gasteiger partial charge in [-0.3, -0.25) is 4.79 Å². The molecule has 0 aliphatic carbocycles. The number of halogens is 2. The van der Waals surface area contributed by atoms with E-state index >= 15 is 0 Å². The third-order valence-corrected chi connectivity index (χ3v) is 4.78. The van der Waals surface area contributed by atoms with Crippen molar-refractivity contribution in [3.8, 4) is 11.3 Å². The molecular weight excluding hydrogens is 395 g/mol. The molecule has 4 rings (SSSR count).